The lowest BCUT2D eigenvalue weighted by molar-refractivity contribution is -0.135. The molecule has 0 radical (unpaired) electrons. The molecule has 1 saturated heterocycles. The number of thiophene rings is 1. The van der Waals surface area contributed by atoms with Gasteiger partial charge in [0.05, 0.1) is 12.1 Å². The summed E-state index contributed by atoms with van der Waals surface area (Å²) in [5, 5.41) is 2.71. The van der Waals surface area contributed by atoms with Gasteiger partial charge in [-0.05, 0) is 79.1 Å². The fraction of sp³-hybridized carbons (Fsp3) is 0.379. The molecule has 2 aliphatic heterocycles. The minimum absolute atomic E-state index is 0.00391. The fourth-order valence-corrected chi connectivity index (χ4v) is 6.13. The van der Waals surface area contributed by atoms with Gasteiger partial charge in [0, 0.05) is 35.2 Å². The lowest BCUT2D eigenvalue weighted by Crippen LogP contribution is -2.49. The molecule has 1 fully saturated rings. The Hall–Kier alpha value is -2.87. The van der Waals surface area contributed by atoms with E-state index in [-0.39, 0.29) is 30.5 Å². The van der Waals surface area contributed by atoms with Crippen LogP contribution in [0, 0.1) is 6.92 Å². The molecule has 37 heavy (non-hydrogen) atoms. The van der Waals surface area contributed by atoms with E-state index < -0.39 is 0 Å². The van der Waals surface area contributed by atoms with Gasteiger partial charge in [-0.2, -0.15) is 0 Å². The first-order valence-electron chi connectivity index (χ1n) is 12.7. The third-order valence-corrected chi connectivity index (χ3v) is 8.32. The van der Waals surface area contributed by atoms with E-state index in [2.05, 4.69) is 11.4 Å². The number of hydrogen-bond acceptors (Lipinski definition) is 5. The van der Waals surface area contributed by atoms with Gasteiger partial charge in [0.2, 0.25) is 5.91 Å². The minimum Gasteiger partial charge on any atom is -0.491 e. The number of fused-ring (bicyclic) bond motifs is 1. The SMILES string of the molecule is Cc1ccccc1C(=O)N(CC(=O)N1CCc2sccc2[C@H]1COc1ccc(Cl)cc1)C[C@H]1CCCO1. The van der Waals surface area contributed by atoms with E-state index in [0.717, 1.165) is 30.4 Å². The summed E-state index contributed by atoms with van der Waals surface area (Å²) in [6.07, 6.45) is 2.62. The number of benzene rings is 2. The van der Waals surface area contributed by atoms with Crippen LogP contribution in [0.2, 0.25) is 5.02 Å². The third kappa shape index (κ3) is 6.00. The van der Waals surface area contributed by atoms with Crippen molar-refractivity contribution in [2.45, 2.75) is 38.3 Å². The van der Waals surface area contributed by atoms with Crippen molar-refractivity contribution in [3.05, 3.63) is 86.6 Å². The second-order valence-corrected chi connectivity index (χ2v) is 11.0. The summed E-state index contributed by atoms with van der Waals surface area (Å²) >= 11 is 7.73. The average molecular weight is 539 g/mol. The molecule has 5 rings (SSSR count). The molecule has 2 amide bonds. The van der Waals surface area contributed by atoms with Gasteiger partial charge in [-0.1, -0.05) is 29.8 Å². The first-order valence-corrected chi connectivity index (χ1v) is 14.0. The molecule has 8 heteroatoms. The molecule has 6 nitrogen and oxygen atoms in total. The van der Waals surface area contributed by atoms with Gasteiger partial charge in [-0.3, -0.25) is 9.59 Å². The minimum atomic E-state index is -0.226. The number of carbonyl (C=O) groups is 2. The molecular weight excluding hydrogens is 508 g/mol. The van der Waals surface area contributed by atoms with Crippen molar-refractivity contribution in [1.29, 1.82) is 0 Å². The van der Waals surface area contributed by atoms with E-state index in [4.69, 9.17) is 21.1 Å². The van der Waals surface area contributed by atoms with Crippen LogP contribution < -0.4 is 4.74 Å². The highest BCUT2D eigenvalue weighted by atomic mass is 35.5. The quantitative estimate of drug-likeness (QED) is 0.378. The van der Waals surface area contributed by atoms with Crippen molar-refractivity contribution < 1.29 is 19.1 Å². The second-order valence-electron chi connectivity index (χ2n) is 9.55. The van der Waals surface area contributed by atoms with E-state index in [0.29, 0.717) is 42.6 Å². The zero-order valence-electron chi connectivity index (χ0n) is 20.9. The van der Waals surface area contributed by atoms with Gasteiger partial charge in [0.15, 0.2) is 0 Å². The Bertz CT molecular complexity index is 1240. The molecule has 3 aromatic rings. The Labute approximate surface area is 226 Å². The number of hydrogen-bond donors (Lipinski definition) is 0. The Morgan fingerprint density at radius 1 is 1.16 bits per heavy atom. The molecule has 1 aromatic heterocycles. The van der Waals surface area contributed by atoms with Crippen molar-refractivity contribution in [3.8, 4) is 5.75 Å². The third-order valence-electron chi connectivity index (χ3n) is 7.07. The number of rotatable bonds is 8. The monoisotopic (exact) mass is 538 g/mol. The van der Waals surface area contributed by atoms with Crippen LogP contribution in [0.15, 0.2) is 60.0 Å². The number of aryl methyl sites for hydroxylation is 1. The van der Waals surface area contributed by atoms with E-state index in [9.17, 15) is 9.59 Å². The maximum atomic E-state index is 13.8. The summed E-state index contributed by atoms with van der Waals surface area (Å²) in [6.45, 7) is 3.95. The number of nitrogens with zero attached hydrogens (tertiary/aromatic N) is 2. The standard InChI is InChI=1S/C29H31ClN2O4S/c1-20-5-2-3-7-24(20)29(34)31(17-23-6-4-15-35-23)18-28(33)32-14-12-27-25(13-16-37-27)26(32)19-36-22-10-8-21(30)9-11-22/h2-3,5,7-11,13,16,23,26H,4,6,12,14-15,17-19H2,1H3/t23-,26-/m1/s1. The lowest BCUT2D eigenvalue weighted by atomic mass is 10.00. The van der Waals surface area contributed by atoms with Crippen molar-refractivity contribution >= 4 is 34.8 Å². The molecule has 0 unspecified atom stereocenters. The van der Waals surface area contributed by atoms with Crippen LogP contribution in [-0.4, -0.2) is 60.6 Å². The molecule has 0 spiro atoms. The normalized spacial score (nSPS) is 18.9. The zero-order chi connectivity index (χ0) is 25.8. The van der Waals surface area contributed by atoms with Gasteiger partial charge in [-0.15, -0.1) is 11.3 Å². The van der Waals surface area contributed by atoms with Crippen molar-refractivity contribution in [2.24, 2.45) is 0 Å². The summed E-state index contributed by atoms with van der Waals surface area (Å²) in [7, 11) is 0. The maximum absolute atomic E-state index is 13.8. The van der Waals surface area contributed by atoms with Gasteiger partial charge in [-0.25, -0.2) is 0 Å². The smallest absolute Gasteiger partial charge is 0.254 e. The molecule has 2 aliphatic rings. The lowest BCUT2D eigenvalue weighted by Gasteiger charge is -2.37. The predicted molar refractivity (Wildman–Crippen MR) is 145 cm³/mol. The van der Waals surface area contributed by atoms with Crippen LogP contribution >= 0.6 is 22.9 Å². The number of amides is 2. The largest absolute Gasteiger partial charge is 0.491 e. The maximum Gasteiger partial charge on any atom is 0.254 e. The average Bonchev–Trinajstić information content (AvgIpc) is 3.60. The highest BCUT2D eigenvalue weighted by Crippen LogP contribution is 2.34. The molecule has 0 aliphatic carbocycles. The van der Waals surface area contributed by atoms with Crippen molar-refractivity contribution in [3.63, 3.8) is 0 Å². The predicted octanol–water partition coefficient (Wildman–Crippen LogP) is 5.54. The first-order chi connectivity index (χ1) is 18.0. The molecular formula is C29H31ClN2O4S. The van der Waals surface area contributed by atoms with E-state index >= 15 is 0 Å². The fourth-order valence-electron chi connectivity index (χ4n) is 5.07. The van der Waals surface area contributed by atoms with E-state index in [1.165, 1.54) is 4.88 Å². The number of carbonyl (C=O) groups excluding carboxylic acids is 2. The van der Waals surface area contributed by atoms with Crippen LogP contribution in [0.25, 0.3) is 0 Å². The summed E-state index contributed by atoms with van der Waals surface area (Å²) in [6, 6.07) is 16.6. The van der Waals surface area contributed by atoms with Crippen LogP contribution in [0.3, 0.4) is 0 Å². The summed E-state index contributed by atoms with van der Waals surface area (Å²) in [4.78, 5) is 32.3. The topological polar surface area (TPSA) is 59.1 Å². The highest BCUT2D eigenvalue weighted by molar-refractivity contribution is 7.10. The Morgan fingerprint density at radius 3 is 2.73 bits per heavy atom. The van der Waals surface area contributed by atoms with Crippen molar-refractivity contribution in [1.82, 2.24) is 9.80 Å². The van der Waals surface area contributed by atoms with E-state index in [1.54, 1.807) is 28.4 Å². The second kappa shape index (κ2) is 11.7. The molecule has 3 heterocycles. The first kappa shape index (κ1) is 25.8. The molecule has 0 saturated carbocycles. The van der Waals surface area contributed by atoms with Gasteiger partial charge in [0.25, 0.3) is 5.91 Å². The molecule has 2 aromatic carbocycles. The Balaban J connectivity index is 1.36. The van der Waals surface area contributed by atoms with Gasteiger partial charge >= 0.3 is 0 Å². The Kier molecular flexibility index (Phi) is 8.13. The summed E-state index contributed by atoms with van der Waals surface area (Å²) < 4.78 is 11.9. The zero-order valence-corrected chi connectivity index (χ0v) is 22.5. The number of ether oxygens (including phenoxy) is 2. The van der Waals surface area contributed by atoms with Gasteiger partial charge < -0.3 is 19.3 Å². The Morgan fingerprint density at radius 2 is 1.97 bits per heavy atom. The van der Waals surface area contributed by atoms with E-state index in [1.807, 2.05) is 48.2 Å². The summed E-state index contributed by atoms with van der Waals surface area (Å²) in [5.41, 5.74) is 2.64. The van der Waals surface area contributed by atoms with Crippen molar-refractivity contribution in [2.75, 3.05) is 32.8 Å². The number of halogens is 1. The van der Waals surface area contributed by atoms with Crippen LogP contribution in [-0.2, 0) is 16.0 Å². The highest BCUT2D eigenvalue weighted by Gasteiger charge is 2.34. The molecule has 194 valence electrons. The van der Waals surface area contributed by atoms with Crippen LogP contribution in [0.5, 0.6) is 5.75 Å². The van der Waals surface area contributed by atoms with Crippen LogP contribution in [0.1, 0.15) is 45.2 Å². The molecule has 0 N–H and O–H groups in total. The molecule has 0 bridgehead atoms. The van der Waals surface area contributed by atoms with Crippen LogP contribution in [0.4, 0.5) is 0 Å². The summed E-state index contributed by atoms with van der Waals surface area (Å²) in [5.74, 6) is 0.486. The molecule has 2 atom stereocenters. The van der Waals surface area contributed by atoms with Gasteiger partial charge in [0.1, 0.15) is 18.9 Å².